The number of anilines is 1. The molecule has 0 aliphatic carbocycles. The number of ether oxygens (including phenoxy) is 1. The highest BCUT2D eigenvalue weighted by molar-refractivity contribution is 7.12. The van der Waals surface area contributed by atoms with Gasteiger partial charge in [0.2, 0.25) is 5.91 Å². The minimum atomic E-state index is -0.919. The lowest BCUT2D eigenvalue weighted by atomic mass is 10.1. The van der Waals surface area contributed by atoms with Crippen molar-refractivity contribution in [3.63, 3.8) is 0 Å². The van der Waals surface area contributed by atoms with Crippen molar-refractivity contribution in [2.24, 2.45) is 0 Å². The van der Waals surface area contributed by atoms with Gasteiger partial charge in [-0.25, -0.2) is 9.69 Å². The molecular formula is C25H22N2O5S. The molecule has 1 aliphatic heterocycles. The van der Waals surface area contributed by atoms with Gasteiger partial charge in [-0.2, -0.15) is 0 Å². The smallest absolute Gasteiger partial charge is 0.338 e. The van der Waals surface area contributed by atoms with Gasteiger partial charge in [-0.1, -0.05) is 36.4 Å². The normalized spacial score (nSPS) is 15.5. The summed E-state index contributed by atoms with van der Waals surface area (Å²) in [6, 6.07) is 18.0. The predicted octanol–water partition coefficient (Wildman–Crippen LogP) is 3.90. The quantitative estimate of drug-likeness (QED) is 0.393. The molecule has 3 amide bonds. The number of amides is 3. The lowest BCUT2D eigenvalue weighted by Gasteiger charge is -2.27. The molecule has 1 fully saturated rings. The van der Waals surface area contributed by atoms with E-state index in [4.69, 9.17) is 4.74 Å². The molecule has 7 nitrogen and oxygen atoms in total. The number of nitrogens with zero attached hydrogens (tertiary/aromatic N) is 2. The second-order valence-electron chi connectivity index (χ2n) is 7.45. The van der Waals surface area contributed by atoms with Crippen LogP contribution >= 0.6 is 11.3 Å². The fourth-order valence-corrected chi connectivity index (χ4v) is 4.42. The van der Waals surface area contributed by atoms with Crippen LogP contribution in [0.2, 0.25) is 0 Å². The van der Waals surface area contributed by atoms with Crippen LogP contribution in [0, 0.1) is 0 Å². The second kappa shape index (κ2) is 9.79. The fourth-order valence-electron chi connectivity index (χ4n) is 3.74. The predicted molar refractivity (Wildman–Crippen MR) is 124 cm³/mol. The van der Waals surface area contributed by atoms with Crippen LogP contribution in [0.3, 0.4) is 0 Å². The molecule has 0 spiro atoms. The summed E-state index contributed by atoms with van der Waals surface area (Å²) in [6.45, 7) is 2.17. The number of carbonyl (C=O) groups is 4. The summed E-state index contributed by atoms with van der Waals surface area (Å²) in [5.74, 6) is -1.63. The van der Waals surface area contributed by atoms with Crippen LogP contribution in [-0.4, -0.2) is 41.2 Å². The highest BCUT2D eigenvalue weighted by Gasteiger charge is 2.44. The second-order valence-corrected chi connectivity index (χ2v) is 8.40. The van der Waals surface area contributed by atoms with Gasteiger partial charge in [0.25, 0.3) is 11.8 Å². The standard InChI is InChI=1S/C25H22N2O5S/c1-2-32-25(31)18-10-12-19(13-11-18)27-22(28)15-20(23(27)29)26(16-17-7-4-3-5-8-17)24(30)21-9-6-14-33-21/h3-14,20H,2,15-16H2,1H3. The number of imide groups is 1. The Morgan fingerprint density at radius 2 is 1.76 bits per heavy atom. The minimum absolute atomic E-state index is 0.109. The van der Waals surface area contributed by atoms with Crippen molar-refractivity contribution in [3.05, 3.63) is 88.1 Å². The number of benzene rings is 2. The van der Waals surface area contributed by atoms with Gasteiger partial charge in [0, 0.05) is 6.54 Å². The molecule has 8 heteroatoms. The maximum Gasteiger partial charge on any atom is 0.338 e. The van der Waals surface area contributed by atoms with Gasteiger partial charge in [0.05, 0.1) is 29.2 Å². The zero-order chi connectivity index (χ0) is 23.4. The van der Waals surface area contributed by atoms with E-state index in [-0.39, 0.29) is 25.5 Å². The molecule has 4 rings (SSSR count). The summed E-state index contributed by atoms with van der Waals surface area (Å²) in [7, 11) is 0. The fraction of sp³-hybridized carbons (Fsp3) is 0.200. The van der Waals surface area contributed by atoms with Crippen molar-refractivity contribution in [3.8, 4) is 0 Å². The molecular weight excluding hydrogens is 440 g/mol. The van der Waals surface area contributed by atoms with E-state index in [2.05, 4.69) is 0 Å². The highest BCUT2D eigenvalue weighted by Crippen LogP contribution is 2.29. The maximum absolute atomic E-state index is 13.4. The molecule has 168 valence electrons. The molecule has 1 unspecified atom stereocenters. The van der Waals surface area contributed by atoms with E-state index < -0.39 is 23.8 Å². The van der Waals surface area contributed by atoms with Crippen LogP contribution in [0.25, 0.3) is 0 Å². The third-order valence-electron chi connectivity index (χ3n) is 5.32. The number of rotatable bonds is 7. The number of esters is 1. The Morgan fingerprint density at radius 3 is 2.39 bits per heavy atom. The highest BCUT2D eigenvalue weighted by atomic mass is 32.1. The Hall–Kier alpha value is -3.78. The summed E-state index contributed by atoms with van der Waals surface area (Å²) < 4.78 is 4.97. The molecule has 2 heterocycles. The average Bonchev–Trinajstić information content (AvgIpc) is 3.46. The van der Waals surface area contributed by atoms with Crippen molar-refractivity contribution in [1.29, 1.82) is 0 Å². The third-order valence-corrected chi connectivity index (χ3v) is 6.18. The van der Waals surface area contributed by atoms with Gasteiger partial charge < -0.3 is 9.64 Å². The van der Waals surface area contributed by atoms with E-state index in [1.807, 2.05) is 30.3 Å². The SMILES string of the molecule is CCOC(=O)c1ccc(N2C(=O)CC(N(Cc3ccccc3)C(=O)c3cccs3)C2=O)cc1. The summed E-state index contributed by atoms with van der Waals surface area (Å²) >= 11 is 1.29. The van der Waals surface area contributed by atoms with Crippen LogP contribution in [0.5, 0.6) is 0 Å². The Labute approximate surface area is 195 Å². The van der Waals surface area contributed by atoms with Gasteiger partial charge >= 0.3 is 5.97 Å². The summed E-state index contributed by atoms with van der Waals surface area (Å²) in [5, 5.41) is 1.80. The van der Waals surface area contributed by atoms with Gasteiger partial charge in [0.1, 0.15) is 6.04 Å². The number of thiophene rings is 1. The molecule has 1 atom stereocenters. The van der Waals surface area contributed by atoms with Crippen LogP contribution in [0.15, 0.2) is 72.1 Å². The molecule has 1 saturated heterocycles. The van der Waals surface area contributed by atoms with E-state index in [9.17, 15) is 19.2 Å². The van der Waals surface area contributed by atoms with E-state index in [1.165, 1.54) is 40.5 Å². The van der Waals surface area contributed by atoms with Crippen LogP contribution in [0.4, 0.5) is 5.69 Å². The molecule has 2 aromatic carbocycles. The lowest BCUT2D eigenvalue weighted by molar-refractivity contribution is -0.122. The zero-order valence-corrected chi connectivity index (χ0v) is 18.8. The Bertz CT molecular complexity index is 1160. The van der Waals surface area contributed by atoms with Crippen molar-refractivity contribution < 1.29 is 23.9 Å². The lowest BCUT2D eigenvalue weighted by Crippen LogP contribution is -2.44. The van der Waals surface area contributed by atoms with Gasteiger partial charge in [-0.3, -0.25) is 14.4 Å². The first-order valence-corrected chi connectivity index (χ1v) is 11.4. The van der Waals surface area contributed by atoms with Gasteiger partial charge in [-0.15, -0.1) is 11.3 Å². The number of hydrogen-bond donors (Lipinski definition) is 0. The first-order chi connectivity index (χ1) is 16.0. The maximum atomic E-state index is 13.4. The van der Waals surface area contributed by atoms with Crippen molar-refractivity contribution >= 4 is 40.7 Å². The first kappa shape index (κ1) is 22.4. The monoisotopic (exact) mass is 462 g/mol. The largest absolute Gasteiger partial charge is 0.462 e. The van der Waals surface area contributed by atoms with Crippen molar-refractivity contribution in [1.82, 2.24) is 4.90 Å². The molecule has 0 bridgehead atoms. The van der Waals surface area contributed by atoms with Crippen LogP contribution < -0.4 is 4.90 Å². The number of carbonyl (C=O) groups excluding carboxylic acids is 4. The zero-order valence-electron chi connectivity index (χ0n) is 18.0. The third kappa shape index (κ3) is 4.70. The summed E-state index contributed by atoms with van der Waals surface area (Å²) in [6.07, 6.45) is -0.109. The molecule has 0 saturated carbocycles. The number of hydrogen-bond acceptors (Lipinski definition) is 6. The minimum Gasteiger partial charge on any atom is -0.462 e. The van der Waals surface area contributed by atoms with Crippen LogP contribution in [0.1, 0.15) is 38.9 Å². The van der Waals surface area contributed by atoms with E-state index in [0.717, 1.165) is 10.5 Å². The molecule has 1 aromatic heterocycles. The van der Waals surface area contributed by atoms with Gasteiger partial charge in [-0.05, 0) is 48.2 Å². The van der Waals surface area contributed by atoms with E-state index in [1.54, 1.807) is 24.4 Å². The summed E-state index contributed by atoms with van der Waals surface area (Å²) in [4.78, 5) is 54.5. The Kier molecular flexibility index (Phi) is 6.65. The topological polar surface area (TPSA) is 84.0 Å². The van der Waals surface area contributed by atoms with Gasteiger partial charge in [0.15, 0.2) is 0 Å². The molecule has 1 aliphatic rings. The Morgan fingerprint density at radius 1 is 1.03 bits per heavy atom. The molecule has 33 heavy (non-hydrogen) atoms. The Balaban J connectivity index is 1.61. The molecule has 3 aromatic rings. The van der Waals surface area contributed by atoms with Crippen molar-refractivity contribution in [2.75, 3.05) is 11.5 Å². The van der Waals surface area contributed by atoms with Crippen molar-refractivity contribution in [2.45, 2.75) is 25.9 Å². The summed E-state index contributed by atoms with van der Waals surface area (Å²) in [5.41, 5.74) is 1.54. The van der Waals surface area contributed by atoms with Crippen LogP contribution in [-0.2, 0) is 20.9 Å². The first-order valence-electron chi connectivity index (χ1n) is 10.5. The molecule has 0 N–H and O–H groups in total. The van der Waals surface area contributed by atoms with E-state index in [0.29, 0.717) is 16.1 Å². The molecule has 0 radical (unpaired) electrons. The average molecular weight is 463 g/mol. The van der Waals surface area contributed by atoms with E-state index >= 15 is 0 Å².